The second-order valence-corrected chi connectivity index (χ2v) is 5.77. The third-order valence-corrected chi connectivity index (χ3v) is 4.11. The smallest absolute Gasteiger partial charge is 0.269 e. The zero-order valence-corrected chi connectivity index (χ0v) is 11.9. The lowest BCUT2D eigenvalue weighted by atomic mass is 10.2. The lowest BCUT2D eigenvalue weighted by molar-refractivity contribution is -0.384. The predicted octanol–water partition coefficient (Wildman–Crippen LogP) is 3.46. The van der Waals surface area contributed by atoms with E-state index in [1.807, 2.05) is 12.1 Å². The predicted molar refractivity (Wildman–Crippen MR) is 76.2 cm³/mol. The molecule has 0 aliphatic rings. The monoisotopic (exact) mass is 268 g/mol. The summed E-state index contributed by atoms with van der Waals surface area (Å²) in [6.45, 7) is 7.50. The van der Waals surface area contributed by atoms with Crippen LogP contribution in [0, 0.1) is 10.1 Å². The molecular weight excluding hydrogens is 248 g/mol. The van der Waals surface area contributed by atoms with Gasteiger partial charge in [0.2, 0.25) is 0 Å². The van der Waals surface area contributed by atoms with E-state index in [-0.39, 0.29) is 10.6 Å². The minimum Gasteiger partial charge on any atom is -0.313 e. The fraction of sp³-hybridized carbons (Fsp3) is 0.538. The van der Waals surface area contributed by atoms with Crippen LogP contribution >= 0.6 is 11.8 Å². The largest absolute Gasteiger partial charge is 0.313 e. The number of nitro benzene ring substituents is 1. The van der Waals surface area contributed by atoms with Gasteiger partial charge in [-0.25, -0.2) is 0 Å². The van der Waals surface area contributed by atoms with E-state index in [0.717, 1.165) is 17.9 Å². The van der Waals surface area contributed by atoms with Crippen molar-refractivity contribution in [3.8, 4) is 0 Å². The molecule has 0 saturated carbocycles. The Labute approximate surface area is 112 Å². The van der Waals surface area contributed by atoms with Gasteiger partial charge < -0.3 is 5.32 Å². The Bertz CT molecular complexity index is 381. The fourth-order valence-corrected chi connectivity index (χ4v) is 2.52. The van der Waals surface area contributed by atoms with Crippen molar-refractivity contribution in [3.63, 3.8) is 0 Å². The Morgan fingerprint density at radius 1 is 1.33 bits per heavy atom. The van der Waals surface area contributed by atoms with Gasteiger partial charge in [-0.1, -0.05) is 13.8 Å². The Kier molecular flexibility index (Phi) is 6.15. The van der Waals surface area contributed by atoms with E-state index in [1.54, 1.807) is 23.9 Å². The lowest BCUT2D eigenvalue weighted by Crippen LogP contribution is -2.34. The molecule has 1 aromatic rings. The van der Waals surface area contributed by atoms with E-state index < -0.39 is 0 Å². The molecule has 0 bridgehead atoms. The standard InChI is InChI=1S/C13H20N2O2S/c1-4-9-14-10(2)11(3)18-13-7-5-12(6-8-13)15(16)17/h5-8,10-11,14H,4,9H2,1-3H3. The van der Waals surface area contributed by atoms with E-state index in [0.29, 0.717) is 11.3 Å². The number of nitro groups is 1. The van der Waals surface area contributed by atoms with Crippen LogP contribution < -0.4 is 5.32 Å². The van der Waals surface area contributed by atoms with Gasteiger partial charge in [0.05, 0.1) is 4.92 Å². The first-order chi connectivity index (χ1) is 8.54. The number of hydrogen-bond acceptors (Lipinski definition) is 4. The molecule has 0 amide bonds. The van der Waals surface area contributed by atoms with Crippen molar-refractivity contribution in [2.24, 2.45) is 0 Å². The van der Waals surface area contributed by atoms with Gasteiger partial charge in [-0.3, -0.25) is 10.1 Å². The zero-order chi connectivity index (χ0) is 13.5. The molecule has 1 rings (SSSR count). The molecule has 0 aromatic heterocycles. The van der Waals surface area contributed by atoms with Gasteiger partial charge in [0.15, 0.2) is 0 Å². The highest BCUT2D eigenvalue weighted by molar-refractivity contribution is 8.00. The summed E-state index contributed by atoms with van der Waals surface area (Å²) in [5.41, 5.74) is 0.143. The normalized spacial score (nSPS) is 14.2. The maximum atomic E-state index is 10.5. The molecule has 100 valence electrons. The molecule has 1 aromatic carbocycles. The molecule has 0 spiro atoms. The van der Waals surface area contributed by atoms with E-state index in [2.05, 4.69) is 26.1 Å². The molecular formula is C13H20N2O2S. The molecule has 0 fully saturated rings. The maximum absolute atomic E-state index is 10.5. The third-order valence-electron chi connectivity index (χ3n) is 2.79. The molecule has 0 aliphatic heterocycles. The lowest BCUT2D eigenvalue weighted by Gasteiger charge is -2.20. The summed E-state index contributed by atoms with van der Waals surface area (Å²) in [4.78, 5) is 11.2. The van der Waals surface area contributed by atoms with Gasteiger partial charge in [-0.2, -0.15) is 0 Å². The average molecular weight is 268 g/mol. The van der Waals surface area contributed by atoms with Crippen LogP contribution in [-0.4, -0.2) is 22.8 Å². The first-order valence-electron chi connectivity index (χ1n) is 6.19. The SMILES string of the molecule is CCCNC(C)C(C)Sc1ccc([N+](=O)[O-])cc1. The first kappa shape index (κ1) is 15.0. The number of thioether (sulfide) groups is 1. The first-order valence-corrected chi connectivity index (χ1v) is 7.07. The van der Waals surface area contributed by atoms with E-state index in [9.17, 15) is 10.1 Å². The van der Waals surface area contributed by atoms with Gasteiger partial charge in [0, 0.05) is 28.3 Å². The second kappa shape index (κ2) is 7.38. The molecule has 18 heavy (non-hydrogen) atoms. The van der Waals surface area contributed by atoms with Crippen LogP contribution in [0.4, 0.5) is 5.69 Å². The van der Waals surface area contributed by atoms with E-state index in [4.69, 9.17) is 0 Å². The van der Waals surface area contributed by atoms with Crippen LogP contribution in [0.25, 0.3) is 0 Å². The van der Waals surface area contributed by atoms with Crippen LogP contribution in [0.3, 0.4) is 0 Å². The van der Waals surface area contributed by atoms with Crippen molar-refractivity contribution in [3.05, 3.63) is 34.4 Å². The van der Waals surface area contributed by atoms with Crippen molar-refractivity contribution in [2.45, 2.75) is 43.4 Å². The van der Waals surface area contributed by atoms with Crippen LogP contribution in [-0.2, 0) is 0 Å². The molecule has 1 N–H and O–H groups in total. The van der Waals surface area contributed by atoms with E-state index in [1.165, 1.54) is 0 Å². The highest BCUT2D eigenvalue weighted by Gasteiger charge is 2.13. The quantitative estimate of drug-likeness (QED) is 0.467. The van der Waals surface area contributed by atoms with Gasteiger partial charge >= 0.3 is 0 Å². The summed E-state index contributed by atoms with van der Waals surface area (Å²) in [6.07, 6.45) is 1.12. The van der Waals surface area contributed by atoms with Gasteiger partial charge in [-0.05, 0) is 32.0 Å². The molecule has 2 atom stereocenters. The van der Waals surface area contributed by atoms with Crippen LogP contribution in [0.1, 0.15) is 27.2 Å². The van der Waals surface area contributed by atoms with Crippen LogP contribution in [0.5, 0.6) is 0 Å². The van der Waals surface area contributed by atoms with Crippen molar-refractivity contribution in [2.75, 3.05) is 6.54 Å². The second-order valence-electron chi connectivity index (χ2n) is 4.32. The highest BCUT2D eigenvalue weighted by Crippen LogP contribution is 2.26. The molecule has 2 unspecified atom stereocenters. The van der Waals surface area contributed by atoms with Crippen molar-refractivity contribution < 1.29 is 4.92 Å². The number of rotatable bonds is 7. The minimum atomic E-state index is -0.372. The van der Waals surface area contributed by atoms with Crippen LogP contribution in [0.15, 0.2) is 29.2 Å². The minimum absolute atomic E-state index is 0.143. The molecule has 0 heterocycles. The number of hydrogen-bond donors (Lipinski definition) is 1. The maximum Gasteiger partial charge on any atom is 0.269 e. The van der Waals surface area contributed by atoms with Crippen molar-refractivity contribution >= 4 is 17.4 Å². The Balaban J connectivity index is 2.53. The van der Waals surface area contributed by atoms with Gasteiger partial charge in [0.1, 0.15) is 0 Å². The average Bonchev–Trinajstić information content (AvgIpc) is 2.36. The van der Waals surface area contributed by atoms with Crippen molar-refractivity contribution in [1.29, 1.82) is 0 Å². The topological polar surface area (TPSA) is 55.2 Å². The number of non-ortho nitro benzene ring substituents is 1. The number of nitrogens with one attached hydrogen (secondary N) is 1. The van der Waals surface area contributed by atoms with E-state index >= 15 is 0 Å². The van der Waals surface area contributed by atoms with Gasteiger partial charge in [-0.15, -0.1) is 11.8 Å². The van der Waals surface area contributed by atoms with Gasteiger partial charge in [0.25, 0.3) is 5.69 Å². The summed E-state index contributed by atoms with van der Waals surface area (Å²) in [5.74, 6) is 0. The summed E-state index contributed by atoms with van der Waals surface area (Å²) < 4.78 is 0. The number of nitrogens with zero attached hydrogens (tertiary/aromatic N) is 1. The third kappa shape index (κ3) is 4.66. The molecule has 5 heteroatoms. The molecule has 0 saturated heterocycles. The van der Waals surface area contributed by atoms with Crippen molar-refractivity contribution in [1.82, 2.24) is 5.32 Å². The Morgan fingerprint density at radius 3 is 2.44 bits per heavy atom. The highest BCUT2D eigenvalue weighted by atomic mass is 32.2. The zero-order valence-electron chi connectivity index (χ0n) is 11.1. The fourth-order valence-electron chi connectivity index (χ4n) is 1.50. The summed E-state index contributed by atoms with van der Waals surface area (Å²) in [6, 6.07) is 7.15. The molecule has 0 aliphatic carbocycles. The molecule has 4 nitrogen and oxygen atoms in total. The number of benzene rings is 1. The summed E-state index contributed by atoms with van der Waals surface area (Å²) in [5, 5.41) is 14.4. The Hall–Kier alpha value is -1.07. The molecule has 0 radical (unpaired) electrons. The Morgan fingerprint density at radius 2 is 1.94 bits per heavy atom. The summed E-state index contributed by atoms with van der Waals surface area (Å²) >= 11 is 1.74. The summed E-state index contributed by atoms with van der Waals surface area (Å²) in [7, 11) is 0. The van der Waals surface area contributed by atoms with Crippen LogP contribution in [0.2, 0.25) is 0 Å².